The maximum atomic E-state index is 10.6. The molecule has 1 aliphatic heterocycles. The van der Waals surface area contributed by atoms with E-state index in [2.05, 4.69) is 32.7 Å². The minimum Gasteiger partial charge on any atom is -0.462 e. The smallest absolute Gasteiger partial charge is 0.302 e. The van der Waals surface area contributed by atoms with Gasteiger partial charge in [0, 0.05) is 18.5 Å². The summed E-state index contributed by atoms with van der Waals surface area (Å²) in [6.07, 6.45) is 4.27. The zero-order valence-electron chi connectivity index (χ0n) is 11.0. The van der Waals surface area contributed by atoms with Crippen LogP contribution in [0.1, 0.15) is 40.5 Å². The van der Waals surface area contributed by atoms with Crippen LogP contribution in [0.5, 0.6) is 0 Å². The molecule has 2 atom stereocenters. The lowest BCUT2D eigenvalue weighted by atomic mass is 10.0. The molecule has 16 heavy (non-hydrogen) atoms. The van der Waals surface area contributed by atoms with Gasteiger partial charge in [-0.25, -0.2) is 0 Å². The predicted molar refractivity (Wildman–Crippen MR) is 65.3 cm³/mol. The Hall–Kier alpha value is -0.830. The van der Waals surface area contributed by atoms with E-state index in [9.17, 15) is 4.79 Å². The number of allylic oxidation sites excluding steroid dienone is 1. The zero-order chi connectivity index (χ0) is 12.3. The largest absolute Gasteiger partial charge is 0.462 e. The van der Waals surface area contributed by atoms with Crippen LogP contribution in [-0.2, 0) is 9.53 Å². The van der Waals surface area contributed by atoms with Crippen LogP contribution in [0.15, 0.2) is 11.6 Å². The Bertz CT molecular complexity index is 294. The summed E-state index contributed by atoms with van der Waals surface area (Å²) < 4.78 is 4.87. The van der Waals surface area contributed by atoms with E-state index in [-0.39, 0.29) is 5.97 Å². The number of hydrogen-bond donors (Lipinski definition) is 0. The summed E-state index contributed by atoms with van der Waals surface area (Å²) in [7, 11) is 2.17. The molecule has 1 aliphatic rings. The Morgan fingerprint density at radius 3 is 2.44 bits per heavy atom. The summed E-state index contributed by atoms with van der Waals surface area (Å²) in [5, 5.41) is 0. The van der Waals surface area contributed by atoms with Crippen molar-refractivity contribution in [3.8, 4) is 0 Å². The van der Waals surface area contributed by atoms with Gasteiger partial charge in [0.05, 0.1) is 0 Å². The Labute approximate surface area is 98.5 Å². The van der Waals surface area contributed by atoms with Gasteiger partial charge >= 0.3 is 5.97 Å². The fourth-order valence-corrected chi connectivity index (χ4v) is 2.09. The second-order valence-electron chi connectivity index (χ2n) is 5.17. The Kier molecular flexibility index (Phi) is 4.14. The van der Waals surface area contributed by atoms with E-state index in [4.69, 9.17) is 4.74 Å². The molecule has 0 saturated carbocycles. The van der Waals surface area contributed by atoms with Crippen molar-refractivity contribution in [1.29, 1.82) is 0 Å². The molecule has 1 rings (SSSR count). The van der Waals surface area contributed by atoms with Crippen molar-refractivity contribution >= 4 is 5.97 Å². The fourth-order valence-electron chi connectivity index (χ4n) is 2.09. The van der Waals surface area contributed by atoms with Crippen LogP contribution in [0.4, 0.5) is 0 Å². The summed E-state index contributed by atoms with van der Waals surface area (Å²) in [4.78, 5) is 13.0. The molecule has 3 nitrogen and oxygen atoms in total. The molecule has 0 radical (unpaired) electrons. The third kappa shape index (κ3) is 3.34. The molecule has 92 valence electrons. The molecular formula is C13H23NO2. The first-order chi connectivity index (χ1) is 7.35. The molecule has 1 saturated heterocycles. The first-order valence-electron chi connectivity index (χ1n) is 5.87. The summed E-state index contributed by atoms with van der Waals surface area (Å²) in [6.45, 7) is 8.49. The van der Waals surface area contributed by atoms with Crippen molar-refractivity contribution in [2.24, 2.45) is 0 Å². The predicted octanol–water partition coefficient (Wildman–Crippen LogP) is 2.37. The molecule has 0 aromatic heterocycles. The molecule has 2 unspecified atom stereocenters. The Balaban J connectivity index is 2.21. The normalized spacial score (nSPS) is 27.7. The number of carbonyl (C=O) groups is 1. The maximum Gasteiger partial charge on any atom is 0.302 e. The van der Waals surface area contributed by atoms with Crippen molar-refractivity contribution in [3.05, 3.63) is 11.6 Å². The number of rotatable bonds is 5. The van der Waals surface area contributed by atoms with Gasteiger partial charge in [0.1, 0.15) is 6.61 Å². The van der Waals surface area contributed by atoms with Gasteiger partial charge in [-0.1, -0.05) is 5.57 Å². The molecular weight excluding hydrogens is 202 g/mol. The lowest BCUT2D eigenvalue weighted by Crippen LogP contribution is -2.04. The summed E-state index contributed by atoms with van der Waals surface area (Å²) >= 11 is 0. The third-order valence-corrected chi connectivity index (χ3v) is 3.65. The van der Waals surface area contributed by atoms with E-state index in [1.165, 1.54) is 18.9 Å². The lowest BCUT2D eigenvalue weighted by Gasteiger charge is -2.02. The molecule has 1 fully saturated rings. The van der Waals surface area contributed by atoms with E-state index in [0.29, 0.717) is 18.2 Å². The minimum absolute atomic E-state index is 0.216. The molecule has 1 heterocycles. The first kappa shape index (κ1) is 13.2. The highest BCUT2D eigenvalue weighted by Crippen LogP contribution is 2.41. The molecule has 0 bridgehead atoms. The van der Waals surface area contributed by atoms with Gasteiger partial charge in [-0.2, -0.15) is 0 Å². The quantitative estimate of drug-likeness (QED) is 0.409. The van der Waals surface area contributed by atoms with Crippen LogP contribution < -0.4 is 0 Å². The number of hydrogen-bond acceptors (Lipinski definition) is 3. The van der Waals surface area contributed by atoms with Crippen molar-refractivity contribution in [1.82, 2.24) is 4.90 Å². The molecule has 0 aromatic rings. The third-order valence-electron chi connectivity index (χ3n) is 3.65. The highest BCUT2D eigenvalue weighted by Gasteiger charge is 2.51. The summed E-state index contributed by atoms with van der Waals surface area (Å²) in [5.41, 5.74) is 1.67. The van der Waals surface area contributed by atoms with E-state index in [1.807, 2.05) is 6.08 Å². The van der Waals surface area contributed by atoms with E-state index in [0.717, 1.165) is 6.42 Å². The number of esters is 1. The van der Waals surface area contributed by atoms with Crippen LogP contribution >= 0.6 is 0 Å². The average Bonchev–Trinajstić information content (AvgIpc) is 2.62. The van der Waals surface area contributed by atoms with Gasteiger partial charge in [-0.05, 0) is 46.7 Å². The van der Waals surface area contributed by atoms with Crippen molar-refractivity contribution < 1.29 is 9.53 Å². The second-order valence-corrected chi connectivity index (χ2v) is 5.17. The molecule has 0 spiro atoms. The maximum absolute atomic E-state index is 10.6. The number of ether oxygens (including phenoxy) is 1. The zero-order valence-corrected chi connectivity index (χ0v) is 11.0. The number of nitrogens with zero attached hydrogens (tertiary/aromatic N) is 1. The van der Waals surface area contributed by atoms with Crippen molar-refractivity contribution in [2.45, 2.75) is 52.1 Å². The fraction of sp³-hybridized carbons (Fsp3) is 0.769. The van der Waals surface area contributed by atoms with Crippen LogP contribution in [0.3, 0.4) is 0 Å². The van der Waals surface area contributed by atoms with Gasteiger partial charge in [0.25, 0.3) is 0 Å². The van der Waals surface area contributed by atoms with Gasteiger partial charge in [0.2, 0.25) is 0 Å². The second kappa shape index (κ2) is 5.00. The highest BCUT2D eigenvalue weighted by molar-refractivity contribution is 5.66. The van der Waals surface area contributed by atoms with Crippen LogP contribution in [0.2, 0.25) is 0 Å². The van der Waals surface area contributed by atoms with Crippen molar-refractivity contribution in [2.75, 3.05) is 13.7 Å². The summed E-state index contributed by atoms with van der Waals surface area (Å²) in [5.74, 6) is -0.216. The van der Waals surface area contributed by atoms with Crippen LogP contribution in [-0.4, -0.2) is 36.1 Å². The highest BCUT2D eigenvalue weighted by atomic mass is 16.5. The topological polar surface area (TPSA) is 29.3 Å². The monoisotopic (exact) mass is 225 g/mol. The van der Waals surface area contributed by atoms with Gasteiger partial charge in [-0.3, -0.25) is 9.69 Å². The number of carbonyl (C=O) groups excluding carboxylic acids is 1. The van der Waals surface area contributed by atoms with Gasteiger partial charge in [-0.15, -0.1) is 0 Å². The molecule has 0 N–H and O–H groups in total. The van der Waals surface area contributed by atoms with E-state index >= 15 is 0 Å². The first-order valence-corrected chi connectivity index (χ1v) is 5.87. The Morgan fingerprint density at radius 1 is 1.44 bits per heavy atom. The number of likely N-dealkylation sites (N-methyl/N-ethyl adjacent to an activating group) is 1. The van der Waals surface area contributed by atoms with Gasteiger partial charge < -0.3 is 4.74 Å². The van der Waals surface area contributed by atoms with E-state index in [1.54, 1.807) is 0 Å². The molecule has 0 amide bonds. The summed E-state index contributed by atoms with van der Waals surface area (Å²) in [6, 6.07) is 0.699. The minimum atomic E-state index is -0.216. The molecule has 3 heteroatoms. The standard InChI is InChI=1S/C13H23NO2/c1-10(8-9-16-11(2)15)6-7-12-13(3,4)14(12)5/h8,12H,6-7,9H2,1-5H3/b10-8+. The average molecular weight is 225 g/mol. The van der Waals surface area contributed by atoms with Gasteiger partial charge in [0.15, 0.2) is 0 Å². The van der Waals surface area contributed by atoms with Crippen LogP contribution in [0.25, 0.3) is 0 Å². The van der Waals surface area contributed by atoms with E-state index < -0.39 is 0 Å². The van der Waals surface area contributed by atoms with Crippen LogP contribution in [0, 0.1) is 0 Å². The SMILES string of the molecule is CC(=O)OC/C=C(\C)CCC1N(C)C1(C)C. The Morgan fingerprint density at radius 2 is 2.00 bits per heavy atom. The molecule has 0 aromatic carbocycles. The molecule has 0 aliphatic carbocycles. The van der Waals surface area contributed by atoms with Crippen molar-refractivity contribution in [3.63, 3.8) is 0 Å². The lowest BCUT2D eigenvalue weighted by molar-refractivity contribution is -0.139.